The molecule has 54 nitrogen and oxygen atoms in total. The topological polar surface area (TPSA) is 838 Å². The maximum Gasteiger partial charge on any atom is 0.326 e. The molecule has 22 atom stereocenters. The Kier molecular flexibility index (Phi) is 46.7. The minimum Gasteiger partial charge on any atom is -0.481 e. The molecule has 19 amide bonds. The van der Waals surface area contributed by atoms with Crippen molar-refractivity contribution >= 4 is 136 Å². The Morgan fingerprint density at radius 1 is 0.356 bits per heavy atom. The van der Waals surface area contributed by atoms with Crippen molar-refractivity contribution in [2.24, 2.45) is 23.3 Å². The van der Waals surface area contributed by atoms with Gasteiger partial charge in [0.25, 0.3) is 0 Å². The van der Waals surface area contributed by atoms with Crippen LogP contribution in [0.25, 0.3) is 0 Å². The van der Waals surface area contributed by atoms with Crippen molar-refractivity contribution in [3.8, 4) is 0 Å². The van der Waals surface area contributed by atoms with Crippen LogP contribution in [-0.4, -0.2) is 379 Å². The van der Waals surface area contributed by atoms with Crippen molar-refractivity contribution in [2.75, 3.05) is 59.0 Å². The zero-order valence-electron chi connectivity index (χ0n) is 77.6. The normalized spacial score (nSPS) is 19.7. The number of aliphatic hydroxyl groups is 5. The Labute approximate surface area is 778 Å². The van der Waals surface area contributed by atoms with Gasteiger partial charge in [0.15, 0.2) is 11.9 Å². The van der Waals surface area contributed by atoms with Crippen LogP contribution in [0, 0.1) is 22.7 Å². The summed E-state index contributed by atoms with van der Waals surface area (Å²) in [6.45, 7) is 13.5. The summed E-state index contributed by atoms with van der Waals surface area (Å²) in [5.41, 5.74) is 10.7. The molecule has 0 aromatic carbocycles. The number of rotatable bonds is 53. The van der Waals surface area contributed by atoms with E-state index in [1.165, 1.54) is 60.3 Å². The molecule has 0 radical (unpaired) electrons. The van der Waals surface area contributed by atoms with Crippen molar-refractivity contribution in [2.45, 2.75) is 300 Å². The van der Waals surface area contributed by atoms with Crippen LogP contribution < -0.4 is 112 Å². The first-order valence-electron chi connectivity index (χ1n) is 44.6. The number of carbonyl (C=O) groups excluding carboxylic acids is 19. The van der Waals surface area contributed by atoms with Crippen LogP contribution in [0.5, 0.6) is 0 Å². The molecule has 32 N–H and O–H groups in total. The van der Waals surface area contributed by atoms with Gasteiger partial charge in [-0.15, -0.1) is 0 Å². The zero-order chi connectivity index (χ0) is 102. The van der Waals surface area contributed by atoms with E-state index < -0.39 is 301 Å². The molecule has 4 saturated heterocycles. The highest BCUT2D eigenvalue weighted by molar-refractivity contribution is 6.03. The molecule has 4 heterocycles. The molecule has 135 heavy (non-hydrogen) atoms. The number of amides is 19. The summed E-state index contributed by atoms with van der Waals surface area (Å²) in [5, 5.41) is 133. The number of aliphatic hydroxyl groups excluding tert-OH is 5. The molecule has 0 aromatic rings. The Balaban J connectivity index is 1.34. The van der Waals surface area contributed by atoms with Crippen LogP contribution in [0.1, 0.15) is 167 Å². The third-order valence-electron chi connectivity index (χ3n) is 22.6. The fourth-order valence-corrected chi connectivity index (χ4v) is 15.0. The lowest BCUT2D eigenvalue weighted by molar-refractivity contribution is -0.145. The van der Waals surface area contributed by atoms with Crippen molar-refractivity contribution in [1.29, 1.82) is 10.8 Å². The van der Waals surface area contributed by atoms with E-state index in [0.29, 0.717) is 19.4 Å². The minimum atomic E-state index is -1.97. The van der Waals surface area contributed by atoms with E-state index in [1.54, 1.807) is 0 Å². The Morgan fingerprint density at radius 3 is 1.12 bits per heavy atom. The predicted octanol–water partition coefficient (Wildman–Crippen LogP) is -13.3. The molecular formula is C81H136N26O28. The molecule has 4 aliphatic heterocycles. The van der Waals surface area contributed by atoms with Crippen LogP contribution in [0.4, 0.5) is 0 Å². The number of aliphatic carboxylic acids is 2. The number of carboxylic acids is 2. The van der Waals surface area contributed by atoms with E-state index in [-0.39, 0.29) is 96.4 Å². The first-order chi connectivity index (χ1) is 63.3. The van der Waals surface area contributed by atoms with Crippen molar-refractivity contribution in [3.05, 3.63) is 0 Å². The maximum absolute atomic E-state index is 14.4. The van der Waals surface area contributed by atoms with Crippen molar-refractivity contribution < 1.29 is 136 Å². The summed E-state index contributed by atoms with van der Waals surface area (Å²) < 4.78 is 0. The largest absolute Gasteiger partial charge is 0.481 e. The number of nitrogens with one attached hydrogen (secondary N) is 21. The first-order valence-corrected chi connectivity index (χ1v) is 44.6. The molecule has 4 aliphatic rings. The predicted molar refractivity (Wildman–Crippen MR) is 473 cm³/mol. The molecule has 0 aromatic heterocycles. The second-order valence-corrected chi connectivity index (χ2v) is 34.4. The van der Waals surface area contributed by atoms with E-state index in [9.17, 15) is 136 Å². The molecule has 0 bridgehead atoms. The van der Waals surface area contributed by atoms with Gasteiger partial charge in [-0.05, 0) is 151 Å². The number of carboxylic acid groups (broad SMARTS) is 2. The molecule has 0 aliphatic carbocycles. The third kappa shape index (κ3) is 35.8. The van der Waals surface area contributed by atoms with Crippen LogP contribution >= 0.6 is 0 Å². The van der Waals surface area contributed by atoms with E-state index >= 15 is 0 Å². The van der Waals surface area contributed by atoms with Gasteiger partial charge in [0, 0.05) is 32.7 Å². The van der Waals surface area contributed by atoms with Crippen LogP contribution in [0.2, 0.25) is 0 Å². The molecule has 54 heteroatoms. The zero-order valence-corrected chi connectivity index (χ0v) is 77.6. The molecule has 0 spiro atoms. The molecule has 0 saturated carbocycles. The van der Waals surface area contributed by atoms with Gasteiger partial charge >= 0.3 is 11.9 Å². The summed E-state index contributed by atoms with van der Waals surface area (Å²) in [6, 6.07) is -28.3. The number of nitrogens with zero attached hydrogens (tertiary/aromatic N) is 3. The highest BCUT2D eigenvalue weighted by Crippen LogP contribution is 2.23. The van der Waals surface area contributed by atoms with E-state index in [0.717, 1.165) is 43.9 Å². The van der Waals surface area contributed by atoms with Crippen LogP contribution in [0.15, 0.2) is 0 Å². The molecule has 4 fully saturated rings. The Bertz CT molecular complexity index is 4250. The molecular weight excluding hydrogens is 1790 g/mol. The highest BCUT2D eigenvalue weighted by atomic mass is 16.4. The number of hydrogen-bond acceptors (Lipinski definition) is 29. The van der Waals surface area contributed by atoms with Gasteiger partial charge < -0.3 is 163 Å². The number of nitrogens with two attached hydrogens (primary N) is 2. The Morgan fingerprint density at radius 2 is 0.689 bits per heavy atom. The smallest absolute Gasteiger partial charge is 0.326 e. The Hall–Kier alpha value is -12.8. The lowest BCUT2D eigenvalue weighted by Crippen LogP contribution is -2.63. The van der Waals surface area contributed by atoms with Gasteiger partial charge in [0.1, 0.15) is 109 Å². The average Bonchev–Trinajstić information content (AvgIpc) is 1.50. The second kappa shape index (κ2) is 55.1. The lowest BCUT2D eigenvalue weighted by atomic mass is 9.99. The third-order valence-corrected chi connectivity index (χ3v) is 22.6. The monoisotopic (exact) mass is 1920 g/mol. The van der Waals surface area contributed by atoms with Gasteiger partial charge in [0.2, 0.25) is 112 Å². The second-order valence-electron chi connectivity index (χ2n) is 34.4. The molecule has 758 valence electrons. The van der Waals surface area contributed by atoms with Crippen LogP contribution in [0.3, 0.4) is 0 Å². The quantitative estimate of drug-likeness (QED) is 0.0153. The minimum absolute atomic E-state index is 0.0119. The van der Waals surface area contributed by atoms with Crippen molar-refractivity contribution in [3.63, 3.8) is 0 Å². The lowest BCUT2D eigenvalue weighted by Gasteiger charge is -2.30. The molecule has 0 unspecified atom stereocenters. The fraction of sp³-hybridized carbons (Fsp3) is 0.716. The van der Waals surface area contributed by atoms with Gasteiger partial charge in [-0.2, -0.15) is 0 Å². The van der Waals surface area contributed by atoms with Gasteiger partial charge in [-0.3, -0.25) is 107 Å². The van der Waals surface area contributed by atoms with E-state index in [4.69, 9.17) is 22.3 Å². The molecule has 4 rings (SSSR count). The summed E-state index contributed by atoms with van der Waals surface area (Å²) in [6.07, 6.45) is -4.06. The van der Waals surface area contributed by atoms with E-state index in [2.05, 4.69) is 101 Å². The number of likely N-dealkylation sites (tertiary alicyclic amines) is 3. The standard InChI is InChI=1S/C81H136N26O28/c1-35(2)56(100-62(117)38(6)90-61(116)37(5)91-69(124)52-23-17-29-106(52)78(133)41(9)94-73(128)58(42(10)110)103-67(122)49(33-108)95-54(113)32-89-68(123)51-22-16-28-105(51)76(131)39(7)92-63(118)45-19-13-25-86-45)71(126)96-46(20-14-26-87-80(82)83)64(119)101-57(36(3)4)72(127)104-60(44(12)112)75(130)99-50(34-109)66(121)93-40(8)77(132)107-30-18-24-53(107)70(125)98-48(31-55(114)115)65(120)102-59(43(11)111)74(129)97-47(79(134)135)21-15-27-88-81(84)85/h35-53,56-60,86,108-112H,13-34H2,1-12H3,(H,89,123)(H,90,116)(H,91,124)(H,92,118)(H,93,121)(H,94,128)(H,95,113)(H,96,126)(H,97,129)(H,98,125)(H,99,130)(H,100,117)(H,101,119)(H,102,120)(H,103,122)(H,104,127)(H,114,115)(H,134,135)(H4,82,83,87)(H4,84,85,88)/t37-,38-,39-,40-,41-,42+,43+,44+,45-,46-,47-,48-,49-,50-,51-,52-,53-,56-,57-,58-,59-,60-/m0/s1. The van der Waals surface area contributed by atoms with Crippen LogP contribution in [-0.2, 0) is 101 Å². The summed E-state index contributed by atoms with van der Waals surface area (Å²) in [7, 11) is 0. The highest BCUT2D eigenvalue weighted by Gasteiger charge is 2.45. The summed E-state index contributed by atoms with van der Waals surface area (Å²) >= 11 is 0. The van der Waals surface area contributed by atoms with Gasteiger partial charge in [0.05, 0.1) is 50.5 Å². The number of carbonyl (C=O) groups is 21. The number of guanidine groups is 2. The fourth-order valence-electron chi connectivity index (χ4n) is 15.0. The van der Waals surface area contributed by atoms with Gasteiger partial charge in [-0.1, -0.05) is 27.7 Å². The summed E-state index contributed by atoms with van der Waals surface area (Å²) in [5.74, 6) is -24.0. The maximum atomic E-state index is 14.4. The van der Waals surface area contributed by atoms with E-state index in [1.807, 2.05) is 0 Å². The average molecular weight is 1920 g/mol. The van der Waals surface area contributed by atoms with Gasteiger partial charge in [-0.25, -0.2) is 4.79 Å². The summed E-state index contributed by atoms with van der Waals surface area (Å²) in [4.78, 5) is 287. The number of hydrogen-bond donors (Lipinski definition) is 30. The van der Waals surface area contributed by atoms with Crippen molar-refractivity contribution in [1.82, 2.24) is 116 Å². The SMILES string of the molecule is CC(C)[C@H](NC(=O)[C@H](C)NC(=O)[C@H](C)NC(=O)[C@@H]1CCCN1C(=O)[C@H](C)NC(=O)[C@@H](NC(=O)[C@H](CO)NC(=O)CNC(=O)[C@@H]1CCCN1C(=O)[C@H](C)NC(=O)[C@@H]1CCCN1)[C@@H](C)O)C(=O)N[C@@H](CCCNC(=N)N)C(=O)N[C@H](C(=O)N[C@H](C(=O)N[C@@H](CO)C(=O)N[C@@H](C)C(=O)N1CCC[C@H]1C(=O)N[C@@H](CC(=O)O)C(=O)N[C@H](C(=O)N[C@@H](CCCNC(=N)N)C(=O)O)[C@@H](C)O)[C@@H](C)O)C(C)C. The first kappa shape index (κ1) is 114.